The molecule has 1 amide bonds. The van der Waals surface area contributed by atoms with E-state index in [4.69, 9.17) is 16.7 Å². The molecule has 0 aliphatic heterocycles. The number of benzene rings is 1. The highest BCUT2D eigenvalue weighted by Crippen LogP contribution is 2.20. The summed E-state index contributed by atoms with van der Waals surface area (Å²) in [6.07, 6.45) is 0.0384. The molecule has 1 heterocycles. The average Bonchev–Trinajstić information content (AvgIpc) is 2.79. The monoisotopic (exact) mass is 345 g/mol. The van der Waals surface area contributed by atoms with E-state index in [1.807, 2.05) is 18.2 Å². The number of fused-ring (bicyclic) bond motifs is 1. The number of hydrogen-bond acceptors (Lipinski definition) is 2. The molecule has 0 bridgehead atoms. The van der Waals surface area contributed by atoms with Crippen LogP contribution in [0, 0.1) is 5.92 Å². The summed E-state index contributed by atoms with van der Waals surface area (Å²) < 4.78 is 2.15. The molecule has 2 N–H and O–H groups in total. The highest BCUT2D eigenvalue weighted by Gasteiger charge is 2.11. The number of hydrogen-bond donors (Lipinski definition) is 2. The van der Waals surface area contributed by atoms with E-state index in [2.05, 4.69) is 28.7 Å². The smallest absolute Gasteiger partial charge is 0.404 e. The van der Waals surface area contributed by atoms with Crippen molar-refractivity contribution in [2.75, 3.05) is 0 Å². The number of aromatic nitrogens is 2. The van der Waals surface area contributed by atoms with Gasteiger partial charge in [0.2, 0.25) is 0 Å². The molecule has 1 aromatic heterocycles. The van der Waals surface area contributed by atoms with E-state index in [0.717, 1.165) is 35.4 Å². The van der Waals surface area contributed by atoms with Gasteiger partial charge in [-0.3, -0.25) is 0 Å². The Hall–Kier alpha value is -1.46. The molecule has 22 heavy (non-hydrogen) atoms. The summed E-state index contributed by atoms with van der Waals surface area (Å²) in [4.78, 5) is 15.1. The van der Waals surface area contributed by atoms with Gasteiger partial charge in [-0.25, -0.2) is 9.78 Å². The lowest BCUT2D eigenvalue weighted by Crippen LogP contribution is -2.19. The average molecular weight is 346 g/mol. The summed E-state index contributed by atoms with van der Waals surface area (Å²) in [5, 5.41) is 11.0. The molecule has 0 saturated carbocycles. The van der Waals surface area contributed by atoms with E-state index >= 15 is 0 Å². The molecule has 0 atom stereocenters. The number of carboxylic acid groups (broad SMARTS) is 1. The summed E-state index contributed by atoms with van der Waals surface area (Å²) in [7, 11) is 0. The number of nitrogens with one attached hydrogen (secondary N) is 1. The van der Waals surface area contributed by atoms with Crippen molar-refractivity contribution >= 4 is 41.1 Å². The second-order valence-electron chi connectivity index (χ2n) is 5.48. The highest BCUT2D eigenvalue weighted by atomic mass is 35.5. The Balaban J connectivity index is 0.00000242. The lowest BCUT2D eigenvalue weighted by atomic mass is 10.1. The van der Waals surface area contributed by atoms with E-state index in [1.165, 1.54) is 0 Å². The van der Waals surface area contributed by atoms with E-state index < -0.39 is 6.09 Å². The van der Waals surface area contributed by atoms with Crippen LogP contribution in [-0.2, 0) is 19.0 Å². The van der Waals surface area contributed by atoms with Gasteiger partial charge in [-0.15, -0.1) is 24.0 Å². The SMILES string of the molecule is CC(C)CCn1c(CCl)nc2cc(CNC(=O)O)ccc21.Cl. The number of amides is 1. The highest BCUT2D eigenvalue weighted by molar-refractivity contribution is 6.16. The van der Waals surface area contributed by atoms with Gasteiger partial charge in [-0.2, -0.15) is 0 Å². The lowest BCUT2D eigenvalue weighted by Gasteiger charge is -2.10. The molecular formula is C15H21Cl2N3O2. The van der Waals surface area contributed by atoms with E-state index in [9.17, 15) is 4.79 Å². The molecule has 0 saturated heterocycles. The molecule has 0 aliphatic carbocycles. The minimum Gasteiger partial charge on any atom is -0.465 e. The van der Waals surface area contributed by atoms with Gasteiger partial charge in [0.15, 0.2) is 0 Å². The number of alkyl halides is 1. The molecule has 0 aliphatic rings. The van der Waals surface area contributed by atoms with E-state index in [-0.39, 0.29) is 19.0 Å². The van der Waals surface area contributed by atoms with Crippen molar-refractivity contribution in [2.45, 2.75) is 39.2 Å². The minimum atomic E-state index is -1.03. The Morgan fingerprint density at radius 1 is 1.45 bits per heavy atom. The maximum atomic E-state index is 10.5. The Labute approximate surface area is 141 Å². The maximum Gasteiger partial charge on any atom is 0.404 e. The number of imidazole rings is 1. The zero-order valence-electron chi connectivity index (χ0n) is 12.7. The van der Waals surface area contributed by atoms with Crippen LogP contribution in [-0.4, -0.2) is 20.8 Å². The molecule has 2 aromatic rings. The van der Waals surface area contributed by atoms with Crippen molar-refractivity contribution < 1.29 is 9.90 Å². The van der Waals surface area contributed by atoms with Gasteiger partial charge in [0.05, 0.1) is 16.9 Å². The predicted octanol–water partition coefficient (Wildman–Crippen LogP) is 4.01. The molecule has 7 heteroatoms. The number of nitrogens with zero attached hydrogens (tertiary/aromatic N) is 2. The van der Waals surface area contributed by atoms with Crippen LogP contribution in [0.15, 0.2) is 18.2 Å². The van der Waals surface area contributed by atoms with Gasteiger partial charge in [0.1, 0.15) is 5.82 Å². The Bertz CT molecular complexity index is 641. The molecule has 5 nitrogen and oxygen atoms in total. The first-order valence-electron chi connectivity index (χ1n) is 7.02. The summed E-state index contributed by atoms with van der Waals surface area (Å²) in [6.45, 7) is 5.55. The van der Waals surface area contributed by atoms with Crippen LogP contribution in [0.25, 0.3) is 11.0 Å². The maximum absolute atomic E-state index is 10.5. The predicted molar refractivity (Wildman–Crippen MR) is 90.9 cm³/mol. The zero-order chi connectivity index (χ0) is 15.4. The second-order valence-corrected chi connectivity index (χ2v) is 5.74. The molecule has 0 unspecified atom stereocenters. The first-order chi connectivity index (χ1) is 10.0. The molecule has 2 rings (SSSR count). The minimum absolute atomic E-state index is 0. The number of aryl methyl sites for hydroxylation is 1. The summed E-state index contributed by atoms with van der Waals surface area (Å²) >= 11 is 5.99. The Morgan fingerprint density at radius 3 is 2.77 bits per heavy atom. The van der Waals surface area contributed by atoms with Crippen LogP contribution in [0.1, 0.15) is 31.7 Å². The normalized spacial score (nSPS) is 10.7. The molecule has 0 spiro atoms. The third kappa shape index (κ3) is 4.52. The Kier molecular flexibility index (Phi) is 6.97. The fourth-order valence-corrected chi connectivity index (χ4v) is 2.46. The lowest BCUT2D eigenvalue weighted by molar-refractivity contribution is 0.194. The van der Waals surface area contributed by atoms with Crippen LogP contribution < -0.4 is 5.32 Å². The van der Waals surface area contributed by atoms with E-state index in [0.29, 0.717) is 11.8 Å². The van der Waals surface area contributed by atoms with Crippen molar-refractivity contribution in [1.82, 2.24) is 14.9 Å². The first kappa shape index (κ1) is 18.6. The van der Waals surface area contributed by atoms with E-state index in [1.54, 1.807) is 0 Å². The van der Waals surface area contributed by atoms with Gasteiger partial charge in [-0.05, 0) is 30.0 Å². The summed E-state index contributed by atoms with van der Waals surface area (Å²) in [5.41, 5.74) is 2.80. The molecular weight excluding hydrogens is 325 g/mol. The fraction of sp³-hybridized carbons (Fsp3) is 0.467. The molecule has 0 fully saturated rings. The zero-order valence-corrected chi connectivity index (χ0v) is 14.2. The largest absolute Gasteiger partial charge is 0.465 e. The summed E-state index contributed by atoms with van der Waals surface area (Å²) in [6, 6.07) is 5.81. The van der Waals surface area contributed by atoms with Crippen molar-refractivity contribution in [2.24, 2.45) is 5.92 Å². The Morgan fingerprint density at radius 2 is 2.18 bits per heavy atom. The fourth-order valence-electron chi connectivity index (χ4n) is 2.25. The van der Waals surface area contributed by atoms with Crippen molar-refractivity contribution in [1.29, 1.82) is 0 Å². The van der Waals surface area contributed by atoms with Crippen LogP contribution in [0.2, 0.25) is 0 Å². The quantitative estimate of drug-likeness (QED) is 0.777. The second kappa shape index (κ2) is 8.25. The van der Waals surface area contributed by atoms with Gasteiger partial charge < -0.3 is 15.0 Å². The third-order valence-electron chi connectivity index (χ3n) is 3.39. The summed E-state index contributed by atoms with van der Waals surface area (Å²) in [5.74, 6) is 1.84. The number of rotatable bonds is 6. The molecule has 122 valence electrons. The molecule has 0 radical (unpaired) electrons. The standard InChI is InChI=1S/C15H20ClN3O2.ClH/c1-10(2)5-6-19-13-4-3-11(9-17-15(20)21)7-12(13)18-14(19)8-16;/h3-4,7,10,17H,5-6,8-9H2,1-2H3,(H,20,21);1H. The van der Waals surface area contributed by atoms with Crippen molar-refractivity contribution in [3.8, 4) is 0 Å². The molecule has 1 aromatic carbocycles. The topological polar surface area (TPSA) is 67.2 Å². The van der Waals surface area contributed by atoms with Crippen LogP contribution in [0.5, 0.6) is 0 Å². The van der Waals surface area contributed by atoms with Crippen LogP contribution in [0.3, 0.4) is 0 Å². The van der Waals surface area contributed by atoms with Gasteiger partial charge in [0.25, 0.3) is 0 Å². The van der Waals surface area contributed by atoms with Crippen molar-refractivity contribution in [3.05, 3.63) is 29.6 Å². The van der Waals surface area contributed by atoms with Crippen molar-refractivity contribution in [3.63, 3.8) is 0 Å². The van der Waals surface area contributed by atoms with Gasteiger partial charge in [-0.1, -0.05) is 19.9 Å². The van der Waals surface area contributed by atoms with Gasteiger partial charge in [0, 0.05) is 13.1 Å². The van der Waals surface area contributed by atoms with Crippen LogP contribution >= 0.6 is 24.0 Å². The first-order valence-corrected chi connectivity index (χ1v) is 7.55. The number of halogens is 2. The number of carbonyl (C=O) groups is 1. The van der Waals surface area contributed by atoms with Crippen LogP contribution in [0.4, 0.5) is 4.79 Å². The third-order valence-corrected chi connectivity index (χ3v) is 3.62. The van der Waals surface area contributed by atoms with Gasteiger partial charge >= 0.3 is 6.09 Å².